The standard InChI is InChI=1S/C31H34F3N7O3S/c1-19-5-4-7-40(19)18-26-30(21-11-22(31(32,33)34)13-23(12-21)35-3)38-28(45-26)14-25(42)24-15-37-27(16-36-24)41-10-9-39(17-20(41)2)8-6-29(43)44/h11-13,15-16,19-20H,4-10,14,17-18H2,1-2H3,(H,43,44)/t19-,20-/m1/s1. The normalized spacial score (nSPS) is 19.5. The molecule has 0 radical (unpaired) electrons. The van der Waals surface area contributed by atoms with E-state index in [1.165, 1.54) is 23.6 Å². The highest BCUT2D eigenvalue weighted by Gasteiger charge is 2.32. The summed E-state index contributed by atoms with van der Waals surface area (Å²) in [6, 6.07) is 3.65. The number of carboxylic acid groups (broad SMARTS) is 1. The lowest BCUT2D eigenvalue weighted by Gasteiger charge is -2.40. The van der Waals surface area contributed by atoms with Gasteiger partial charge in [-0.05, 0) is 57.0 Å². The number of carbonyl (C=O) groups is 2. The van der Waals surface area contributed by atoms with Crippen LogP contribution in [-0.2, 0) is 23.9 Å². The van der Waals surface area contributed by atoms with Crippen LogP contribution in [0.5, 0.6) is 0 Å². The molecule has 1 aromatic carbocycles. The molecule has 0 unspecified atom stereocenters. The Labute approximate surface area is 263 Å². The maximum atomic E-state index is 13.7. The van der Waals surface area contributed by atoms with Gasteiger partial charge >= 0.3 is 12.1 Å². The van der Waals surface area contributed by atoms with Gasteiger partial charge in [0.15, 0.2) is 11.5 Å². The molecule has 2 saturated heterocycles. The molecule has 1 N–H and O–H groups in total. The summed E-state index contributed by atoms with van der Waals surface area (Å²) < 4.78 is 41.0. The molecule has 0 spiro atoms. The highest BCUT2D eigenvalue weighted by atomic mass is 32.1. The molecular weight excluding hydrogens is 607 g/mol. The topological polar surface area (TPSA) is 107 Å². The van der Waals surface area contributed by atoms with Gasteiger partial charge in [-0.1, -0.05) is 0 Å². The van der Waals surface area contributed by atoms with Gasteiger partial charge in [-0.3, -0.25) is 19.4 Å². The third-order valence-electron chi connectivity index (χ3n) is 8.31. The van der Waals surface area contributed by atoms with E-state index in [9.17, 15) is 22.8 Å². The Morgan fingerprint density at radius 1 is 1.11 bits per heavy atom. The van der Waals surface area contributed by atoms with Crippen LogP contribution >= 0.6 is 11.3 Å². The number of aliphatic carboxylic acids is 1. The minimum atomic E-state index is -4.62. The summed E-state index contributed by atoms with van der Waals surface area (Å²) in [4.78, 5) is 48.1. The molecule has 0 bridgehead atoms. The van der Waals surface area contributed by atoms with Crippen molar-refractivity contribution in [2.24, 2.45) is 0 Å². The molecule has 238 valence electrons. The summed E-state index contributed by atoms with van der Waals surface area (Å²) in [5.74, 6) is -0.518. The number of hydrogen-bond donors (Lipinski definition) is 1. The zero-order valence-corrected chi connectivity index (χ0v) is 25.9. The summed E-state index contributed by atoms with van der Waals surface area (Å²) >= 11 is 1.29. The van der Waals surface area contributed by atoms with Crippen LogP contribution in [0.15, 0.2) is 30.6 Å². The Bertz CT molecular complexity index is 1590. The Hall–Kier alpha value is -3.93. The zero-order valence-electron chi connectivity index (χ0n) is 25.0. The van der Waals surface area contributed by atoms with Gasteiger partial charge in [0.25, 0.3) is 0 Å². The van der Waals surface area contributed by atoms with Gasteiger partial charge in [-0.25, -0.2) is 19.8 Å². The van der Waals surface area contributed by atoms with E-state index in [2.05, 4.69) is 41.4 Å². The summed E-state index contributed by atoms with van der Waals surface area (Å²) in [6.07, 6.45) is 0.415. The van der Waals surface area contributed by atoms with E-state index in [1.807, 2.05) is 6.92 Å². The highest BCUT2D eigenvalue weighted by Crippen LogP contribution is 2.38. The van der Waals surface area contributed by atoms with Gasteiger partial charge in [-0.2, -0.15) is 13.2 Å². The van der Waals surface area contributed by atoms with Crippen molar-refractivity contribution in [2.75, 3.05) is 37.6 Å². The SMILES string of the molecule is [C-]#[N+]c1cc(-c2nc(CC(=O)c3cnc(N4CCN(CCC(=O)O)C[C@H]4C)cn3)sc2CN2CCC[C@H]2C)cc(C(F)(F)F)c1. The van der Waals surface area contributed by atoms with E-state index in [0.717, 1.165) is 36.4 Å². The Balaban J connectivity index is 1.34. The van der Waals surface area contributed by atoms with Crippen molar-refractivity contribution in [3.05, 3.63) is 63.2 Å². The molecule has 4 heterocycles. The molecule has 10 nitrogen and oxygen atoms in total. The van der Waals surface area contributed by atoms with Gasteiger partial charge in [0.2, 0.25) is 0 Å². The molecule has 14 heteroatoms. The fourth-order valence-electron chi connectivity index (χ4n) is 5.87. The lowest BCUT2D eigenvalue weighted by molar-refractivity contribution is -0.138. The van der Waals surface area contributed by atoms with Gasteiger partial charge < -0.3 is 10.0 Å². The smallest absolute Gasteiger partial charge is 0.415 e. The van der Waals surface area contributed by atoms with Crippen LogP contribution in [0.1, 0.15) is 59.0 Å². The second kappa shape index (κ2) is 13.6. The fourth-order valence-corrected chi connectivity index (χ4v) is 6.98. The summed E-state index contributed by atoms with van der Waals surface area (Å²) in [7, 11) is 0. The second-order valence-corrected chi connectivity index (χ2v) is 12.7. The van der Waals surface area contributed by atoms with Crippen molar-refractivity contribution >= 4 is 34.6 Å². The number of thiazole rings is 1. The second-order valence-electron chi connectivity index (χ2n) is 11.6. The summed E-state index contributed by atoms with van der Waals surface area (Å²) in [6.45, 7) is 15.3. The van der Waals surface area contributed by atoms with Crippen LogP contribution in [0.25, 0.3) is 16.1 Å². The van der Waals surface area contributed by atoms with E-state index in [-0.39, 0.29) is 41.6 Å². The number of rotatable bonds is 10. The van der Waals surface area contributed by atoms with Gasteiger partial charge in [-0.15, -0.1) is 11.3 Å². The van der Waals surface area contributed by atoms with Crippen molar-refractivity contribution < 1.29 is 27.9 Å². The number of anilines is 1. The van der Waals surface area contributed by atoms with E-state index < -0.39 is 17.7 Å². The molecule has 0 saturated carbocycles. The number of likely N-dealkylation sites (tertiary alicyclic amines) is 1. The predicted octanol–water partition coefficient (Wildman–Crippen LogP) is 5.56. The lowest BCUT2D eigenvalue weighted by atomic mass is 10.0. The molecule has 2 aliphatic heterocycles. The molecule has 2 aliphatic rings. The average molecular weight is 642 g/mol. The van der Waals surface area contributed by atoms with Crippen molar-refractivity contribution in [1.29, 1.82) is 0 Å². The van der Waals surface area contributed by atoms with E-state index >= 15 is 0 Å². The minimum absolute atomic E-state index is 0.0769. The maximum absolute atomic E-state index is 13.7. The van der Waals surface area contributed by atoms with E-state index in [4.69, 9.17) is 11.7 Å². The number of carbonyl (C=O) groups excluding carboxylic acids is 1. The van der Waals surface area contributed by atoms with Crippen LogP contribution in [0.3, 0.4) is 0 Å². The number of alkyl halides is 3. The molecular formula is C31H34F3N7O3S. The first-order chi connectivity index (χ1) is 21.4. The fraction of sp³-hybridized carbons (Fsp3) is 0.484. The summed E-state index contributed by atoms with van der Waals surface area (Å²) in [5, 5.41) is 9.41. The number of halogens is 3. The third-order valence-corrected chi connectivity index (χ3v) is 9.35. The molecule has 45 heavy (non-hydrogen) atoms. The molecule has 2 aromatic heterocycles. The first-order valence-electron chi connectivity index (χ1n) is 14.8. The van der Waals surface area contributed by atoms with Gasteiger partial charge in [0.1, 0.15) is 16.5 Å². The van der Waals surface area contributed by atoms with Gasteiger partial charge in [0, 0.05) is 55.2 Å². The first kappa shape index (κ1) is 32.5. The van der Waals surface area contributed by atoms with Crippen molar-refractivity contribution in [1.82, 2.24) is 24.8 Å². The van der Waals surface area contributed by atoms with Crippen molar-refractivity contribution in [3.8, 4) is 11.3 Å². The number of nitrogens with zero attached hydrogens (tertiary/aromatic N) is 7. The number of carboxylic acids is 1. The molecule has 2 fully saturated rings. The Kier molecular flexibility index (Phi) is 9.81. The third kappa shape index (κ3) is 7.84. The number of benzene rings is 1. The molecule has 2 atom stereocenters. The van der Waals surface area contributed by atoms with Crippen LogP contribution < -0.4 is 4.90 Å². The predicted molar refractivity (Wildman–Crippen MR) is 163 cm³/mol. The van der Waals surface area contributed by atoms with E-state index in [0.29, 0.717) is 55.3 Å². The first-order valence-corrected chi connectivity index (χ1v) is 15.6. The number of piperazine rings is 1. The largest absolute Gasteiger partial charge is 0.481 e. The van der Waals surface area contributed by atoms with Gasteiger partial charge in [0.05, 0.1) is 37.5 Å². The van der Waals surface area contributed by atoms with Crippen LogP contribution in [0.4, 0.5) is 24.7 Å². The van der Waals surface area contributed by atoms with Crippen molar-refractivity contribution in [3.63, 3.8) is 0 Å². The van der Waals surface area contributed by atoms with Crippen LogP contribution in [0, 0.1) is 6.57 Å². The molecule has 5 rings (SSSR count). The number of aromatic nitrogens is 3. The number of hydrogen-bond acceptors (Lipinski definition) is 9. The maximum Gasteiger partial charge on any atom is 0.415 e. The average Bonchev–Trinajstić information content (AvgIpc) is 3.60. The zero-order chi connectivity index (χ0) is 32.3. The van der Waals surface area contributed by atoms with E-state index in [1.54, 1.807) is 6.20 Å². The number of Topliss-reactive ketones (excluding diaryl/α,β-unsaturated/α-hetero) is 1. The van der Waals surface area contributed by atoms with Crippen LogP contribution in [0.2, 0.25) is 0 Å². The summed E-state index contributed by atoms with van der Waals surface area (Å²) in [5.41, 5.74) is -0.321. The quantitative estimate of drug-likeness (QED) is 0.225. The number of ketones is 1. The highest BCUT2D eigenvalue weighted by molar-refractivity contribution is 7.12. The Morgan fingerprint density at radius 2 is 1.91 bits per heavy atom. The molecule has 0 amide bonds. The van der Waals surface area contributed by atoms with Crippen LogP contribution in [-0.4, -0.2) is 86.4 Å². The molecule has 0 aliphatic carbocycles. The van der Waals surface area contributed by atoms with Crippen molar-refractivity contribution in [2.45, 2.75) is 64.3 Å². The monoisotopic (exact) mass is 641 g/mol. The minimum Gasteiger partial charge on any atom is -0.481 e. The lowest BCUT2D eigenvalue weighted by Crippen LogP contribution is -2.52. The molecule has 3 aromatic rings. The Morgan fingerprint density at radius 3 is 2.53 bits per heavy atom.